The van der Waals surface area contributed by atoms with E-state index in [1.54, 1.807) is 0 Å². The third kappa shape index (κ3) is 5.38. The van der Waals surface area contributed by atoms with Gasteiger partial charge in [-0.3, -0.25) is 4.79 Å². The molecular formula is C15H30N2O. The Morgan fingerprint density at radius 3 is 2.22 bits per heavy atom. The third-order valence-electron chi connectivity index (χ3n) is 4.16. The lowest BCUT2D eigenvalue weighted by Gasteiger charge is -2.28. The molecule has 18 heavy (non-hydrogen) atoms. The van der Waals surface area contributed by atoms with E-state index in [-0.39, 0.29) is 5.91 Å². The van der Waals surface area contributed by atoms with E-state index in [9.17, 15) is 4.79 Å². The molecule has 0 aromatic heterocycles. The maximum atomic E-state index is 12.0. The van der Waals surface area contributed by atoms with Crippen LogP contribution in [0.3, 0.4) is 0 Å². The molecule has 1 atom stereocenters. The van der Waals surface area contributed by atoms with Crippen molar-refractivity contribution in [2.24, 2.45) is 11.3 Å². The second kappa shape index (κ2) is 7.13. The lowest BCUT2D eigenvalue weighted by molar-refractivity contribution is -0.130. The lowest BCUT2D eigenvalue weighted by atomic mass is 9.82. The molecule has 0 bridgehead atoms. The first-order chi connectivity index (χ1) is 8.41. The number of hydrogen-bond acceptors (Lipinski definition) is 2. The van der Waals surface area contributed by atoms with E-state index in [0.717, 1.165) is 19.6 Å². The van der Waals surface area contributed by atoms with Crippen molar-refractivity contribution in [2.75, 3.05) is 26.2 Å². The maximum Gasteiger partial charge on any atom is 0.236 e. The van der Waals surface area contributed by atoms with Gasteiger partial charge < -0.3 is 10.2 Å². The fourth-order valence-electron chi connectivity index (χ4n) is 2.13. The van der Waals surface area contributed by atoms with Crippen LogP contribution in [-0.2, 0) is 4.79 Å². The third-order valence-corrected chi connectivity index (χ3v) is 4.16. The first-order valence-corrected chi connectivity index (χ1v) is 7.40. The van der Waals surface area contributed by atoms with Gasteiger partial charge in [0.05, 0.1) is 6.54 Å². The number of nitrogens with one attached hydrogen (secondary N) is 1. The van der Waals surface area contributed by atoms with Crippen LogP contribution in [-0.4, -0.2) is 37.0 Å². The molecule has 1 heterocycles. The van der Waals surface area contributed by atoms with Crippen LogP contribution in [0.4, 0.5) is 0 Å². The molecule has 0 aromatic carbocycles. The van der Waals surface area contributed by atoms with Gasteiger partial charge in [-0.1, -0.05) is 40.5 Å². The molecule has 0 saturated carbocycles. The van der Waals surface area contributed by atoms with E-state index in [0.29, 0.717) is 17.9 Å². The molecule has 3 heteroatoms. The first kappa shape index (κ1) is 15.5. The van der Waals surface area contributed by atoms with Crippen molar-refractivity contribution in [3.63, 3.8) is 0 Å². The summed E-state index contributed by atoms with van der Waals surface area (Å²) in [6.45, 7) is 12.3. The highest BCUT2D eigenvalue weighted by Crippen LogP contribution is 2.24. The molecule has 3 nitrogen and oxygen atoms in total. The molecule has 1 amide bonds. The highest BCUT2D eigenvalue weighted by Gasteiger charge is 2.20. The largest absolute Gasteiger partial charge is 0.342 e. The van der Waals surface area contributed by atoms with Gasteiger partial charge >= 0.3 is 0 Å². The van der Waals surface area contributed by atoms with Crippen molar-refractivity contribution in [1.82, 2.24) is 10.2 Å². The summed E-state index contributed by atoms with van der Waals surface area (Å²) in [7, 11) is 0. The zero-order chi connectivity index (χ0) is 13.6. The van der Waals surface area contributed by atoms with Crippen LogP contribution in [0.25, 0.3) is 0 Å². The Labute approximate surface area is 112 Å². The van der Waals surface area contributed by atoms with E-state index in [4.69, 9.17) is 0 Å². The Morgan fingerprint density at radius 1 is 1.17 bits per heavy atom. The van der Waals surface area contributed by atoms with E-state index in [2.05, 4.69) is 33.0 Å². The highest BCUT2D eigenvalue weighted by molar-refractivity contribution is 5.78. The fourth-order valence-corrected chi connectivity index (χ4v) is 2.13. The van der Waals surface area contributed by atoms with Crippen molar-refractivity contribution in [2.45, 2.75) is 53.4 Å². The lowest BCUT2D eigenvalue weighted by Crippen LogP contribution is -2.41. The Balaban J connectivity index is 2.24. The van der Waals surface area contributed by atoms with E-state index >= 15 is 0 Å². The van der Waals surface area contributed by atoms with Gasteiger partial charge in [0, 0.05) is 13.1 Å². The van der Waals surface area contributed by atoms with Crippen LogP contribution in [0, 0.1) is 11.3 Å². The molecule has 1 unspecified atom stereocenters. The molecule has 106 valence electrons. The monoisotopic (exact) mass is 254 g/mol. The summed E-state index contributed by atoms with van der Waals surface area (Å²) in [5.41, 5.74) is 0.304. The minimum absolute atomic E-state index is 0.276. The van der Waals surface area contributed by atoms with Crippen molar-refractivity contribution in [3.05, 3.63) is 0 Å². The number of nitrogens with zero attached hydrogens (tertiary/aromatic N) is 1. The summed E-state index contributed by atoms with van der Waals surface area (Å²) >= 11 is 0. The zero-order valence-electron chi connectivity index (χ0n) is 12.6. The average Bonchev–Trinajstić information content (AvgIpc) is 2.55. The van der Waals surface area contributed by atoms with E-state index < -0.39 is 0 Å². The van der Waals surface area contributed by atoms with Crippen molar-refractivity contribution < 1.29 is 4.79 Å². The summed E-state index contributed by atoms with van der Waals surface area (Å²) in [4.78, 5) is 14.1. The molecule has 1 aliphatic rings. The number of carbonyl (C=O) groups is 1. The highest BCUT2D eigenvalue weighted by atomic mass is 16.2. The second-order valence-electron chi connectivity index (χ2n) is 6.69. The summed E-state index contributed by atoms with van der Waals surface area (Å²) in [5.74, 6) is 0.854. The second-order valence-corrected chi connectivity index (χ2v) is 6.69. The van der Waals surface area contributed by atoms with Gasteiger partial charge in [-0.15, -0.1) is 0 Å². The van der Waals surface area contributed by atoms with Gasteiger partial charge in [0.25, 0.3) is 0 Å². The van der Waals surface area contributed by atoms with Crippen LogP contribution in [0.1, 0.15) is 53.4 Å². The Kier molecular flexibility index (Phi) is 6.13. The Hall–Kier alpha value is -0.570. The van der Waals surface area contributed by atoms with Gasteiger partial charge in [-0.2, -0.15) is 0 Å². The number of likely N-dealkylation sites (tertiary alicyclic amines) is 1. The molecule has 1 fully saturated rings. The van der Waals surface area contributed by atoms with Gasteiger partial charge in [-0.25, -0.2) is 0 Å². The molecule has 1 rings (SSSR count). The number of hydrogen-bond donors (Lipinski definition) is 1. The smallest absolute Gasteiger partial charge is 0.236 e. The van der Waals surface area contributed by atoms with Crippen molar-refractivity contribution in [3.8, 4) is 0 Å². The molecule has 0 aliphatic carbocycles. The van der Waals surface area contributed by atoms with Crippen LogP contribution in [0.15, 0.2) is 0 Å². The topological polar surface area (TPSA) is 32.3 Å². The molecule has 0 aromatic rings. The SMILES string of the molecule is CC(CNCC(=O)N1CCCCCC1)C(C)(C)C. The Morgan fingerprint density at radius 2 is 1.72 bits per heavy atom. The van der Waals surface area contributed by atoms with Gasteiger partial charge in [-0.05, 0) is 30.7 Å². The van der Waals surface area contributed by atoms with Gasteiger partial charge in [0.2, 0.25) is 5.91 Å². The average molecular weight is 254 g/mol. The van der Waals surface area contributed by atoms with Crippen molar-refractivity contribution >= 4 is 5.91 Å². The fraction of sp³-hybridized carbons (Fsp3) is 0.933. The standard InChI is InChI=1S/C15H30N2O/c1-13(15(2,3)4)11-16-12-14(18)17-9-7-5-6-8-10-17/h13,16H,5-12H2,1-4H3. The van der Waals surface area contributed by atoms with Crippen LogP contribution < -0.4 is 5.32 Å². The number of rotatable bonds is 4. The molecular weight excluding hydrogens is 224 g/mol. The number of amides is 1. The van der Waals surface area contributed by atoms with Crippen molar-refractivity contribution in [1.29, 1.82) is 0 Å². The normalized spacial score (nSPS) is 19.4. The molecule has 0 spiro atoms. The van der Waals surface area contributed by atoms with Crippen LogP contribution in [0.5, 0.6) is 0 Å². The van der Waals surface area contributed by atoms with Gasteiger partial charge in [0.15, 0.2) is 0 Å². The maximum absolute atomic E-state index is 12.0. The molecule has 0 radical (unpaired) electrons. The summed E-state index contributed by atoms with van der Waals surface area (Å²) in [6.07, 6.45) is 4.89. The molecule has 1 aliphatic heterocycles. The van der Waals surface area contributed by atoms with E-state index in [1.807, 2.05) is 4.90 Å². The summed E-state index contributed by atoms with van der Waals surface area (Å²) in [6, 6.07) is 0. The summed E-state index contributed by atoms with van der Waals surface area (Å²) < 4.78 is 0. The van der Waals surface area contributed by atoms with Crippen LogP contribution in [0.2, 0.25) is 0 Å². The predicted octanol–water partition coefficient (Wildman–Crippen LogP) is 2.66. The van der Waals surface area contributed by atoms with Crippen LogP contribution >= 0.6 is 0 Å². The molecule has 1 saturated heterocycles. The predicted molar refractivity (Wildman–Crippen MR) is 76.5 cm³/mol. The minimum atomic E-state index is 0.276. The zero-order valence-corrected chi connectivity index (χ0v) is 12.6. The Bertz CT molecular complexity index is 250. The molecule has 1 N–H and O–H groups in total. The quantitative estimate of drug-likeness (QED) is 0.836. The van der Waals surface area contributed by atoms with Gasteiger partial charge in [0.1, 0.15) is 0 Å². The summed E-state index contributed by atoms with van der Waals surface area (Å²) in [5, 5.41) is 3.32. The minimum Gasteiger partial charge on any atom is -0.342 e. The first-order valence-electron chi connectivity index (χ1n) is 7.40. The van der Waals surface area contributed by atoms with E-state index in [1.165, 1.54) is 25.7 Å². The number of carbonyl (C=O) groups excluding carboxylic acids is 1.